The van der Waals surface area contributed by atoms with Gasteiger partial charge in [0, 0.05) is 6.42 Å². The summed E-state index contributed by atoms with van der Waals surface area (Å²) in [6.07, 6.45) is -3.48. The smallest absolute Gasteiger partial charge is 0.395 e. The van der Waals surface area contributed by atoms with Crippen LogP contribution in [0.2, 0.25) is 0 Å². The molecule has 0 spiro atoms. The lowest BCUT2D eigenvalue weighted by Gasteiger charge is -2.21. The molecule has 1 aliphatic heterocycles. The van der Waals surface area contributed by atoms with Gasteiger partial charge in [-0.3, -0.25) is 4.79 Å². The minimum absolute atomic E-state index is 0.00899. The zero-order valence-electron chi connectivity index (χ0n) is 15.6. The highest BCUT2D eigenvalue weighted by Crippen LogP contribution is 2.44. The predicted molar refractivity (Wildman–Crippen MR) is 101 cm³/mol. The molecule has 0 aliphatic carbocycles. The van der Waals surface area contributed by atoms with E-state index in [1.807, 2.05) is 39.8 Å². The van der Waals surface area contributed by atoms with Crippen molar-refractivity contribution in [1.82, 2.24) is 0 Å². The van der Waals surface area contributed by atoms with Gasteiger partial charge in [0.25, 0.3) is 0 Å². The van der Waals surface area contributed by atoms with Gasteiger partial charge in [-0.25, -0.2) is 0 Å². The summed E-state index contributed by atoms with van der Waals surface area (Å²) in [7, 11) is 0. The van der Waals surface area contributed by atoms with Crippen LogP contribution in [0, 0.1) is 0 Å². The third-order valence-corrected chi connectivity index (χ3v) is 4.75. The van der Waals surface area contributed by atoms with Gasteiger partial charge >= 0.3 is 6.29 Å². The second kappa shape index (κ2) is 7.12. The molecule has 0 atom stereocenters. The molecule has 144 valence electrons. The number of hydrogen-bond acceptors (Lipinski definition) is 3. The summed E-state index contributed by atoms with van der Waals surface area (Å²) in [4.78, 5) is 11.6. The van der Waals surface area contributed by atoms with Gasteiger partial charge in [-0.05, 0) is 63.4 Å². The summed E-state index contributed by atoms with van der Waals surface area (Å²) in [5.74, 6) is 0.370. The quantitative estimate of drug-likeness (QED) is 0.564. The molecule has 3 nitrogen and oxygen atoms in total. The SMILES string of the molecule is CC(C)c1cc(-c2ccc3c(c2)OC(F)(F)O3)cc(C(C)C)c1CC(=O)Cl. The minimum Gasteiger partial charge on any atom is -0.395 e. The first kappa shape index (κ1) is 19.6. The summed E-state index contributed by atoms with van der Waals surface area (Å²) in [5, 5.41) is -0.406. The van der Waals surface area contributed by atoms with Crippen molar-refractivity contribution < 1.29 is 23.0 Å². The Morgan fingerprint density at radius 1 is 0.963 bits per heavy atom. The second-order valence-corrected chi connectivity index (χ2v) is 7.73. The molecule has 0 fully saturated rings. The number of alkyl halides is 2. The molecule has 6 heteroatoms. The first-order valence-electron chi connectivity index (χ1n) is 8.82. The van der Waals surface area contributed by atoms with Crippen molar-refractivity contribution in [1.29, 1.82) is 0 Å². The number of fused-ring (bicyclic) bond motifs is 1. The fraction of sp³-hybridized carbons (Fsp3) is 0.381. The van der Waals surface area contributed by atoms with Crippen LogP contribution in [0.15, 0.2) is 30.3 Å². The lowest BCUT2D eigenvalue weighted by molar-refractivity contribution is -0.286. The van der Waals surface area contributed by atoms with Crippen LogP contribution in [0.3, 0.4) is 0 Å². The third kappa shape index (κ3) is 4.08. The van der Waals surface area contributed by atoms with Crippen LogP contribution in [-0.2, 0) is 11.2 Å². The molecule has 0 saturated carbocycles. The molecule has 0 N–H and O–H groups in total. The van der Waals surface area contributed by atoms with E-state index in [2.05, 4.69) is 9.47 Å². The molecular formula is C21H21ClF2O3. The minimum atomic E-state index is -3.64. The Morgan fingerprint density at radius 2 is 1.52 bits per heavy atom. The average molecular weight is 395 g/mol. The fourth-order valence-electron chi connectivity index (χ4n) is 3.39. The van der Waals surface area contributed by atoms with Gasteiger partial charge in [0.05, 0.1) is 0 Å². The van der Waals surface area contributed by atoms with Crippen molar-refractivity contribution in [3.8, 4) is 22.6 Å². The van der Waals surface area contributed by atoms with E-state index in [1.165, 1.54) is 6.07 Å². The predicted octanol–water partition coefficient (Wildman–Crippen LogP) is 6.23. The number of halogens is 3. The largest absolute Gasteiger partial charge is 0.586 e. The van der Waals surface area contributed by atoms with Crippen LogP contribution in [0.4, 0.5) is 8.78 Å². The Morgan fingerprint density at radius 3 is 2.04 bits per heavy atom. The van der Waals surface area contributed by atoms with Gasteiger partial charge in [0.2, 0.25) is 5.24 Å². The molecule has 27 heavy (non-hydrogen) atoms. The molecule has 1 heterocycles. The monoisotopic (exact) mass is 394 g/mol. The van der Waals surface area contributed by atoms with E-state index in [1.54, 1.807) is 12.1 Å². The summed E-state index contributed by atoms with van der Waals surface area (Å²) >= 11 is 5.67. The van der Waals surface area contributed by atoms with Crippen molar-refractivity contribution in [3.05, 3.63) is 47.0 Å². The summed E-state index contributed by atoms with van der Waals surface area (Å²) in [6.45, 7) is 8.19. The summed E-state index contributed by atoms with van der Waals surface area (Å²) in [6, 6.07) is 8.72. The van der Waals surface area contributed by atoms with E-state index in [0.29, 0.717) is 0 Å². The van der Waals surface area contributed by atoms with Crippen molar-refractivity contribution in [2.45, 2.75) is 52.2 Å². The zero-order valence-corrected chi connectivity index (χ0v) is 16.4. The van der Waals surface area contributed by atoms with E-state index in [4.69, 9.17) is 11.6 Å². The summed E-state index contributed by atoms with van der Waals surface area (Å²) < 4.78 is 35.6. The Labute approximate surface area is 162 Å². The normalized spacial score (nSPS) is 14.9. The van der Waals surface area contributed by atoms with Gasteiger partial charge in [-0.1, -0.05) is 45.9 Å². The van der Waals surface area contributed by atoms with E-state index < -0.39 is 11.5 Å². The molecule has 2 aromatic carbocycles. The highest BCUT2D eigenvalue weighted by Gasteiger charge is 2.43. The van der Waals surface area contributed by atoms with Crippen LogP contribution in [0.1, 0.15) is 56.2 Å². The van der Waals surface area contributed by atoms with Gasteiger partial charge in [0.15, 0.2) is 11.5 Å². The molecule has 3 rings (SSSR count). The topological polar surface area (TPSA) is 35.5 Å². The Hall–Kier alpha value is -2.14. The molecular weight excluding hydrogens is 374 g/mol. The van der Waals surface area contributed by atoms with E-state index >= 15 is 0 Å². The van der Waals surface area contributed by atoms with E-state index in [9.17, 15) is 13.6 Å². The number of ether oxygens (including phenoxy) is 2. The highest BCUT2D eigenvalue weighted by atomic mass is 35.5. The van der Waals surface area contributed by atoms with Gasteiger partial charge in [-0.15, -0.1) is 8.78 Å². The van der Waals surface area contributed by atoms with Crippen molar-refractivity contribution in [2.24, 2.45) is 0 Å². The third-order valence-electron chi connectivity index (χ3n) is 4.61. The molecule has 2 aromatic rings. The molecule has 0 radical (unpaired) electrons. The van der Waals surface area contributed by atoms with Gasteiger partial charge in [0.1, 0.15) is 0 Å². The van der Waals surface area contributed by atoms with E-state index in [0.717, 1.165) is 27.8 Å². The van der Waals surface area contributed by atoms with Crippen molar-refractivity contribution >= 4 is 16.8 Å². The first-order valence-corrected chi connectivity index (χ1v) is 9.20. The number of carbonyl (C=O) groups is 1. The number of benzene rings is 2. The lowest BCUT2D eigenvalue weighted by atomic mass is 9.84. The maximum Gasteiger partial charge on any atom is 0.586 e. The van der Waals surface area contributed by atoms with Gasteiger partial charge in [-0.2, -0.15) is 0 Å². The first-order chi connectivity index (χ1) is 12.6. The molecule has 0 aromatic heterocycles. The van der Waals surface area contributed by atoms with Crippen LogP contribution in [-0.4, -0.2) is 11.5 Å². The average Bonchev–Trinajstić information content (AvgIpc) is 2.86. The maximum atomic E-state index is 13.3. The second-order valence-electron chi connectivity index (χ2n) is 7.30. The summed E-state index contributed by atoms with van der Waals surface area (Å²) in [5.41, 5.74) is 4.59. The number of rotatable bonds is 5. The van der Waals surface area contributed by atoms with Crippen LogP contribution in [0.5, 0.6) is 11.5 Å². The van der Waals surface area contributed by atoms with Crippen LogP contribution in [0.25, 0.3) is 11.1 Å². The number of hydrogen-bond donors (Lipinski definition) is 0. The molecule has 0 bridgehead atoms. The van der Waals surface area contributed by atoms with Gasteiger partial charge < -0.3 is 9.47 Å². The van der Waals surface area contributed by atoms with Crippen LogP contribution < -0.4 is 9.47 Å². The maximum absolute atomic E-state index is 13.3. The molecule has 0 unspecified atom stereocenters. The fourth-order valence-corrected chi connectivity index (χ4v) is 3.52. The Balaban J connectivity index is 2.13. The lowest BCUT2D eigenvalue weighted by Crippen LogP contribution is -2.25. The standard InChI is InChI=1S/C21H21ClF2O3/c1-11(2)15-7-14(8-16(12(3)4)17(15)10-20(22)25)13-5-6-18-19(9-13)27-21(23,24)26-18/h5-9,11-12H,10H2,1-4H3. The van der Waals surface area contributed by atoms with Crippen LogP contribution >= 0.6 is 11.6 Å². The van der Waals surface area contributed by atoms with E-state index in [-0.39, 0.29) is 29.8 Å². The Bertz CT molecular complexity index is 862. The Kier molecular flexibility index (Phi) is 5.17. The molecule has 0 amide bonds. The highest BCUT2D eigenvalue weighted by molar-refractivity contribution is 6.63. The van der Waals surface area contributed by atoms with Crippen molar-refractivity contribution in [3.63, 3.8) is 0 Å². The zero-order chi connectivity index (χ0) is 19.9. The number of carbonyl (C=O) groups excluding carboxylic acids is 1. The molecule has 1 aliphatic rings. The molecule has 0 saturated heterocycles. The van der Waals surface area contributed by atoms with Crippen molar-refractivity contribution in [2.75, 3.05) is 0 Å².